The van der Waals surface area contributed by atoms with Gasteiger partial charge in [0.1, 0.15) is 4.32 Å². The highest BCUT2D eigenvalue weighted by Crippen LogP contribution is 2.34. The number of nitrogens with zero attached hydrogens (tertiary/aromatic N) is 1. The maximum absolute atomic E-state index is 12.5. The molecule has 0 saturated carbocycles. The Bertz CT molecular complexity index is 707. The smallest absolute Gasteiger partial charge is 0.303 e. The lowest BCUT2D eigenvalue weighted by atomic mass is 10.2. The first kappa shape index (κ1) is 19.2. The van der Waals surface area contributed by atoms with Crippen molar-refractivity contribution in [2.45, 2.75) is 25.7 Å². The summed E-state index contributed by atoms with van der Waals surface area (Å²) < 4.78 is 0.509. The molecule has 1 N–H and O–H groups in total. The molecule has 1 aromatic rings. The normalized spacial score (nSPS) is 16.2. The van der Waals surface area contributed by atoms with Crippen molar-refractivity contribution in [1.29, 1.82) is 0 Å². The summed E-state index contributed by atoms with van der Waals surface area (Å²) in [5.74, 6) is -0.947. The molecule has 0 unspecified atom stereocenters. The minimum atomic E-state index is -0.802. The molecule has 0 spiro atoms. The molecule has 8 heteroatoms. The number of hydrogen-bond acceptors (Lipinski definition) is 4. The van der Waals surface area contributed by atoms with Crippen LogP contribution in [-0.4, -0.2) is 32.7 Å². The molecule has 1 aromatic carbocycles. The van der Waals surface area contributed by atoms with E-state index in [1.165, 1.54) is 11.8 Å². The summed E-state index contributed by atoms with van der Waals surface area (Å²) in [7, 11) is 0. The number of thioether (sulfide) groups is 1. The SMILES string of the molecule is O=C(O)CCCCCN1C(=O)C(=Cc2ccc(Cl)cc2Cl)SC1=S. The van der Waals surface area contributed by atoms with Crippen LogP contribution in [0, 0.1) is 0 Å². The Morgan fingerprint density at radius 2 is 2.04 bits per heavy atom. The third-order valence-electron chi connectivity index (χ3n) is 3.40. The average molecular weight is 404 g/mol. The highest BCUT2D eigenvalue weighted by molar-refractivity contribution is 8.26. The summed E-state index contributed by atoms with van der Waals surface area (Å²) in [6, 6.07) is 5.09. The summed E-state index contributed by atoms with van der Waals surface area (Å²) in [5.41, 5.74) is 0.711. The third kappa shape index (κ3) is 5.21. The van der Waals surface area contributed by atoms with Crippen LogP contribution >= 0.6 is 47.2 Å². The van der Waals surface area contributed by atoms with Gasteiger partial charge in [-0.1, -0.05) is 59.7 Å². The van der Waals surface area contributed by atoms with Gasteiger partial charge in [0.25, 0.3) is 5.91 Å². The number of halogens is 2. The lowest BCUT2D eigenvalue weighted by Gasteiger charge is -2.13. The van der Waals surface area contributed by atoms with Gasteiger partial charge in [-0.2, -0.15) is 0 Å². The Morgan fingerprint density at radius 3 is 2.71 bits per heavy atom. The molecule has 0 aromatic heterocycles. The zero-order valence-electron chi connectivity index (χ0n) is 12.6. The Kier molecular flexibility index (Phi) is 7.10. The summed E-state index contributed by atoms with van der Waals surface area (Å²) in [5, 5.41) is 9.61. The van der Waals surface area contributed by atoms with Gasteiger partial charge in [0.15, 0.2) is 0 Å². The van der Waals surface area contributed by atoms with E-state index in [1.54, 1.807) is 29.2 Å². The highest BCUT2D eigenvalue weighted by atomic mass is 35.5. The fourth-order valence-electron chi connectivity index (χ4n) is 2.18. The number of unbranched alkanes of at least 4 members (excludes halogenated alkanes) is 2. The number of hydrogen-bond donors (Lipinski definition) is 1. The van der Waals surface area contributed by atoms with E-state index in [1.807, 2.05) is 0 Å². The number of carbonyl (C=O) groups excluding carboxylic acids is 1. The molecule has 0 atom stereocenters. The maximum atomic E-state index is 12.5. The van der Waals surface area contributed by atoms with Crippen molar-refractivity contribution in [3.63, 3.8) is 0 Å². The van der Waals surface area contributed by atoms with Gasteiger partial charge >= 0.3 is 5.97 Å². The minimum Gasteiger partial charge on any atom is -0.481 e. The summed E-state index contributed by atoms with van der Waals surface area (Å²) in [6.07, 6.45) is 3.91. The fraction of sp³-hybridized carbons (Fsp3) is 0.312. The topological polar surface area (TPSA) is 57.6 Å². The number of thiocarbonyl (C=S) groups is 1. The van der Waals surface area contributed by atoms with E-state index in [4.69, 9.17) is 40.5 Å². The fourth-order valence-corrected chi connectivity index (χ4v) is 3.94. The number of rotatable bonds is 7. The molecular weight excluding hydrogens is 389 g/mol. The number of amides is 1. The second-order valence-electron chi connectivity index (χ2n) is 5.20. The molecule has 24 heavy (non-hydrogen) atoms. The Balaban J connectivity index is 1.98. The van der Waals surface area contributed by atoms with Crippen molar-refractivity contribution in [2.24, 2.45) is 0 Å². The van der Waals surface area contributed by atoms with E-state index in [0.29, 0.717) is 44.2 Å². The van der Waals surface area contributed by atoms with E-state index in [0.717, 1.165) is 6.42 Å². The zero-order chi connectivity index (χ0) is 17.7. The van der Waals surface area contributed by atoms with Crippen LogP contribution in [0.25, 0.3) is 6.08 Å². The van der Waals surface area contributed by atoms with Crippen LogP contribution in [0.15, 0.2) is 23.1 Å². The molecule has 0 radical (unpaired) electrons. The van der Waals surface area contributed by atoms with Crippen molar-refractivity contribution < 1.29 is 14.7 Å². The van der Waals surface area contributed by atoms with Gasteiger partial charge in [0.05, 0.1) is 4.91 Å². The predicted molar refractivity (Wildman–Crippen MR) is 102 cm³/mol. The molecule has 0 bridgehead atoms. The Labute approximate surface area is 159 Å². The molecule has 0 aliphatic carbocycles. The van der Waals surface area contributed by atoms with E-state index < -0.39 is 5.97 Å². The van der Waals surface area contributed by atoms with Crippen molar-refractivity contribution in [2.75, 3.05) is 6.54 Å². The molecule has 1 aliphatic rings. The lowest BCUT2D eigenvalue weighted by molar-refractivity contribution is -0.137. The average Bonchev–Trinajstić information content (AvgIpc) is 2.76. The Hall–Kier alpha value is -1.08. The van der Waals surface area contributed by atoms with Gasteiger partial charge in [-0.15, -0.1) is 0 Å². The first-order chi connectivity index (χ1) is 11.4. The zero-order valence-corrected chi connectivity index (χ0v) is 15.8. The van der Waals surface area contributed by atoms with Crippen LogP contribution in [0.5, 0.6) is 0 Å². The van der Waals surface area contributed by atoms with Gasteiger partial charge in [0.2, 0.25) is 0 Å². The number of carboxylic acid groups (broad SMARTS) is 1. The van der Waals surface area contributed by atoms with Crippen LogP contribution < -0.4 is 0 Å². The number of carboxylic acids is 1. The van der Waals surface area contributed by atoms with Crippen molar-refractivity contribution in [3.05, 3.63) is 38.7 Å². The standard InChI is InChI=1S/C16H15Cl2NO3S2/c17-11-6-5-10(12(18)9-11)8-13-15(22)19(16(23)24-13)7-3-1-2-4-14(20)21/h5-6,8-9H,1-4,7H2,(H,20,21). The summed E-state index contributed by atoms with van der Waals surface area (Å²) in [6.45, 7) is 0.496. The molecule has 1 amide bonds. The number of carbonyl (C=O) groups is 2. The summed E-state index contributed by atoms with van der Waals surface area (Å²) >= 11 is 18.5. The summed E-state index contributed by atoms with van der Waals surface area (Å²) in [4.78, 5) is 25.0. The first-order valence-electron chi connectivity index (χ1n) is 7.30. The molecule has 128 valence electrons. The molecule has 1 heterocycles. The maximum Gasteiger partial charge on any atom is 0.303 e. The molecular formula is C16H15Cl2NO3S2. The van der Waals surface area contributed by atoms with Gasteiger partial charge in [-0.05, 0) is 36.6 Å². The predicted octanol–water partition coefficient (Wildman–Crippen LogP) is 4.84. The van der Waals surface area contributed by atoms with Gasteiger partial charge < -0.3 is 5.11 Å². The van der Waals surface area contributed by atoms with Gasteiger partial charge in [-0.3, -0.25) is 14.5 Å². The monoisotopic (exact) mass is 403 g/mol. The van der Waals surface area contributed by atoms with Gasteiger partial charge in [0, 0.05) is 23.0 Å². The van der Waals surface area contributed by atoms with E-state index in [2.05, 4.69) is 0 Å². The molecule has 1 saturated heterocycles. The van der Waals surface area contributed by atoms with E-state index in [-0.39, 0.29) is 12.3 Å². The van der Waals surface area contributed by atoms with Crippen molar-refractivity contribution >= 4 is 69.5 Å². The second kappa shape index (κ2) is 8.85. The van der Waals surface area contributed by atoms with Crippen LogP contribution in [0.2, 0.25) is 10.0 Å². The quantitative estimate of drug-likeness (QED) is 0.400. The largest absolute Gasteiger partial charge is 0.481 e. The second-order valence-corrected chi connectivity index (χ2v) is 7.72. The molecule has 2 rings (SSSR count). The first-order valence-corrected chi connectivity index (χ1v) is 9.29. The van der Waals surface area contributed by atoms with Crippen LogP contribution in [0.3, 0.4) is 0 Å². The highest BCUT2D eigenvalue weighted by Gasteiger charge is 2.31. The molecule has 1 fully saturated rings. The molecule has 1 aliphatic heterocycles. The van der Waals surface area contributed by atoms with Gasteiger partial charge in [-0.25, -0.2) is 0 Å². The van der Waals surface area contributed by atoms with Crippen molar-refractivity contribution in [3.8, 4) is 0 Å². The van der Waals surface area contributed by atoms with E-state index >= 15 is 0 Å². The van der Waals surface area contributed by atoms with Crippen molar-refractivity contribution in [1.82, 2.24) is 4.90 Å². The molecule has 4 nitrogen and oxygen atoms in total. The van der Waals surface area contributed by atoms with Crippen LogP contribution in [0.4, 0.5) is 0 Å². The van der Waals surface area contributed by atoms with E-state index in [9.17, 15) is 9.59 Å². The lowest BCUT2D eigenvalue weighted by Crippen LogP contribution is -2.29. The Morgan fingerprint density at radius 1 is 1.29 bits per heavy atom. The number of benzene rings is 1. The third-order valence-corrected chi connectivity index (χ3v) is 5.34. The number of aliphatic carboxylic acids is 1. The minimum absolute atomic E-state index is 0.144. The van der Waals surface area contributed by atoms with Crippen LogP contribution in [0.1, 0.15) is 31.2 Å². The van der Waals surface area contributed by atoms with Crippen LogP contribution in [-0.2, 0) is 9.59 Å².